The molecule has 3 aromatic heterocycles. The van der Waals surface area contributed by atoms with Crippen LogP contribution >= 0.6 is 0 Å². The van der Waals surface area contributed by atoms with Gasteiger partial charge in [-0.25, -0.2) is 9.67 Å². The standard InChI is InChI=1S/C17H21N5O2/c1-17(2,23)15-11-22(20-19-15)12-4-8-21(9-5-12)16-13-6-10-24-14(13)3-7-18-16/h3,6-7,10-12,23H,4-5,8-9H2,1-2H3. The molecule has 0 amide bonds. The van der Waals surface area contributed by atoms with Crippen molar-refractivity contribution in [3.63, 3.8) is 0 Å². The Morgan fingerprint density at radius 1 is 1.25 bits per heavy atom. The van der Waals surface area contributed by atoms with Gasteiger partial charge < -0.3 is 14.4 Å². The second-order valence-electron chi connectivity index (χ2n) is 6.83. The lowest BCUT2D eigenvalue weighted by Crippen LogP contribution is -2.35. The quantitative estimate of drug-likeness (QED) is 0.796. The number of pyridine rings is 1. The molecule has 0 atom stereocenters. The molecule has 7 nitrogen and oxygen atoms in total. The van der Waals surface area contributed by atoms with Gasteiger partial charge in [0.05, 0.1) is 23.9 Å². The molecule has 1 N–H and O–H groups in total. The molecular weight excluding hydrogens is 306 g/mol. The molecule has 1 saturated heterocycles. The van der Waals surface area contributed by atoms with Crippen molar-refractivity contribution < 1.29 is 9.52 Å². The van der Waals surface area contributed by atoms with Crippen LogP contribution in [0, 0.1) is 0 Å². The van der Waals surface area contributed by atoms with Crippen molar-refractivity contribution in [3.05, 3.63) is 36.5 Å². The van der Waals surface area contributed by atoms with E-state index in [0.717, 1.165) is 42.7 Å². The molecule has 0 radical (unpaired) electrons. The van der Waals surface area contributed by atoms with Crippen LogP contribution < -0.4 is 4.90 Å². The lowest BCUT2D eigenvalue weighted by atomic mass is 10.0. The molecule has 0 aromatic carbocycles. The molecule has 0 unspecified atom stereocenters. The lowest BCUT2D eigenvalue weighted by molar-refractivity contribution is 0.0737. The smallest absolute Gasteiger partial charge is 0.139 e. The minimum Gasteiger partial charge on any atom is -0.464 e. The molecule has 1 aliphatic heterocycles. The predicted molar refractivity (Wildman–Crippen MR) is 89.8 cm³/mol. The first kappa shape index (κ1) is 15.1. The molecule has 24 heavy (non-hydrogen) atoms. The highest BCUT2D eigenvalue weighted by atomic mass is 16.3. The Kier molecular flexibility index (Phi) is 3.53. The molecule has 1 fully saturated rings. The van der Waals surface area contributed by atoms with Gasteiger partial charge in [-0.15, -0.1) is 5.10 Å². The van der Waals surface area contributed by atoms with E-state index >= 15 is 0 Å². The summed E-state index contributed by atoms with van der Waals surface area (Å²) >= 11 is 0. The van der Waals surface area contributed by atoms with Gasteiger partial charge in [0.25, 0.3) is 0 Å². The van der Waals surface area contributed by atoms with Crippen LogP contribution in [-0.2, 0) is 5.60 Å². The van der Waals surface area contributed by atoms with Gasteiger partial charge in [0, 0.05) is 19.3 Å². The molecule has 126 valence electrons. The van der Waals surface area contributed by atoms with Gasteiger partial charge >= 0.3 is 0 Å². The fourth-order valence-corrected chi connectivity index (χ4v) is 3.21. The highest BCUT2D eigenvalue weighted by Crippen LogP contribution is 2.30. The average molecular weight is 327 g/mol. The van der Waals surface area contributed by atoms with Crippen LogP contribution in [0.3, 0.4) is 0 Å². The Balaban J connectivity index is 1.49. The van der Waals surface area contributed by atoms with Gasteiger partial charge in [-0.05, 0) is 38.8 Å². The Bertz CT molecular complexity index is 840. The van der Waals surface area contributed by atoms with Crippen molar-refractivity contribution in [1.29, 1.82) is 0 Å². The van der Waals surface area contributed by atoms with Crippen LogP contribution in [-0.4, -0.2) is 38.2 Å². The van der Waals surface area contributed by atoms with E-state index in [2.05, 4.69) is 20.2 Å². The Morgan fingerprint density at radius 2 is 2.04 bits per heavy atom. The monoisotopic (exact) mass is 327 g/mol. The van der Waals surface area contributed by atoms with E-state index in [-0.39, 0.29) is 0 Å². The zero-order valence-electron chi connectivity index (χ0n) is 13.9. The molecule has 0 saturated carbocycles. The van der Waals surface area contributed by atoms with E-state index in [4.69, 9.17) is 4.42 Å². The fraction of sp³-hybridized carbons (Fsp3) is 0.471. The van der Waals surface area contributed by atoms with E-state index in [0.29, 0.717) is 11.7 Å². The first-order valence-electron chi connectivity index (χ1n) is 8.24. The normalized spacial score (nSPS) is 16.9. The summed E-state index contributed by atoms with van der Waals surface area (Å²) in [6, 6.07) is 4.16. The third-order valence-corrected chi connectivity index (χ3v) is 4.63. The first-order valence-corrected chi connectivity index (χ1v) is 8.24. The zero-order chi connectivity index (χ0) is 16.7. The summed E-state index contributed by atoms with van der Waals surface area (Å²) in [5, 5.41) is 19.4. The molecule has 1 aliphatic rings. The number of hydrogen-bond donors (Lipinski definition) is 1. The molecule has 7 heteroatoms. The summed E-state index contributed by atoms with van der Waals surface area (Å²) in [7, 11) is 0. The lowest BCUT2D eigenvalue weighted by Gasteiger charge is -2.32. The van der Waals surface area contributed by atoms with Crippen LogP contribution in [0.2, 0.25) is 0 Å². The maximum absolute atomic E-state index is 10.0. The second kappa shape index (κ2) is 5.59. The van der Waals surface area contributed by atoms with Crippen LogP contribution in [0.5, 0.6) is 0 Å². The van der Waals surface area contributed by atoms with Crippen molar-refractivity contribution >= 4 is 16.8 Å². The summed E-state index contributed by atoms with van der Waals surface area (Å²) < 4.78 is 7.35. The second-order valence-corrected chi connectivity index (χ2v) is 6.83. The van der Waals surface area contributed by atoms with E-state index in [9.17, 15) is 5.11 Å². The van der Waals surface area contributed by atoms with E-state index in [1.165, 1.54) is 0 Å². The summed E-state index contributed by atoms with van der Waals surface area (Å²) in [5.74, 6) is 0.982. The minimum atomic E-state index is -0.959. The summed E-state index contributed by atoms with van der Waals surface area (Å²) in [5.41, 5.74) is 0.516. The maximum atomic E-state index is 10.0. The number of nitrogens with zero attached hydrogens (tertiary/aromatic N) is 5. The third kappa shape index (κ3) is 2.65. The van der Waals surface area contributed by atoms with Crippen LogP contribution in [0.25, 0.3) is 11.0 Å². The topological polar surface area (TPSA) is 80.2 Å². The van der Waals surface area contributed by atoms with Crippen LogP contribution in [0.4, 0.5) is 5.82 Å². The average Bonchev–Trinajstić information content (AvgIpc) is 3.23. The molecule has 0 spiro atoms. The van der Waals surface area contributed by atoms with Crippen molar-refractivity contribution in [3.8, 4) is 0 Å². The Hall–Kier alpha value is -2.41. The Morgan fingerprint density at radius 3 is 2.75 bits per heavy atom. The van der Waals surface area contributed by atoms with E-state index in [1.807, 2.05) is 23.0 Å². The first-order chi connectivity index (χ1) is 11.5. The van der Waals surface area contributed by atoms with Gasteiger partial charge in [-0.1, -0.05) is 5.21 Å². The van der Waals surface area contributed by atoms with Gasteiger partial charge in [-0.3, -0.25) is 0 Å². The zero-order valence-corrected chi connectivity index (χ0v) is 13.9. The van der Waals surface area contributed by atoms with Crippen molar-refractivity contribution in [2.75, 3.05) is 18.0 Å². The van der Waals surface area contributed by atoms with Gasteiger partial charge in [0.2, 0.25) is 0 Å². The maximum Gasteiger partial charge on any atom is 0.139 e. The Labute approximate surface area is 139 Å². The third-order valence-electron chi connectivity index (χ3n) is 4.63. The summed E-state index contributed by atoms with van der Waals surface area (Å²) in [4.78, 5) is 6.83. The van der Waals surface area contributed by atoms with Crippen molar-refractivity contribution in [2.24, 2.45) is 0 Å². The van der Waals surface area contributed by atoms with E-state index < -0.39 is 5.60 Å². The summed E-state index contributed by atoms with van der Waals surface area (Å²) in [6.45, 7) is 5.25. The molecule has 4 rings (SSSR count). The number of piperidine rings is 1. The SMILES string of the molecule is CC(C)(O)c1cn(C2CCN(c3nccc4occc34)CC2)nn1. The van der Waals surface area contributed by atoms with Crippen LogP contribution in [0.15, 0.2) is 35.2 Å². The highest BCUT2D eigenvalue weighted by molar-refractivity contribution is 5.88. The molecular formula is C17H21N5O2. The largest absolute Gasteiger partial charge is 0.464 e. The fourth-order valence-electron chi connectivity index (χ4n) is 3.21. The van der Waals surface area contributed by atoms with Gasteiger partial charge in [0.15, 0.2) is 0 Å². The molecule has 0 bridgehead atoms. The number of fused-ring (bicyclic) bond motifs is 1. The highest BCUT2D eigenvalue weighted by Gasteiger charge is 2.26. The number of rotatable bonds is 3. The van der Waals surface area contributed by atoms with E-state index in [1.54, 1.807) is 26.3 Å². The number of anilines is 1. The van der Waals surface area contributed by atoms with Crippen molar-refractivity contribution in [2.45, 2.75) is 38.3 Å². The van der Waals surface area contributed by atoms with Crippen LogP contribution in [0.1, 0.15) is 38.4 Å². The molecule has 3 aromatic rings. The summed E-state index contributed by atoms with van der Waals surface area (Å²) in [6.07, 6.45) is 7.28. The number of hydrogen-bond acceptors (Lipinski definition) is 6. The molecule has 4 heterocycles. The number of aromatic nitrogens is 4. The minimum absolute atomic E-state index is 0.299. The number of aliphatic hydroxyl groups is 1. The molecule has 0 aliphatic carbocycles. The predicted octanol–water partition coefficient (Wildman–Crippen LogP) is 2.49. The van der Waals surface area contributed by atoms with Gasteiger partial charge in [0.1, 0.15) is 22.7 Å². The van der Waals surface area contributed by atoms with Gasteiger partial charge in [-0.2, -0.15) is 0 Å². The van der Waals surface area contributed by atoms with Crippen molar-refractivity contribution in [1.82, 2.24) is 20.0 Å². The number of furan rings is 1.